The third-order valence-corrected chi connectivity index (χ3v) is 3.29. The van der Waals surface area contributed by atoms with Gasteiger partial charge in [0.25, 0.3) is 0 Å². The molecule has 0 radical (unpaired) electrons. The molecule has 1 saturated heterocycles. The number of hydrogen-bond acceptors (Lipinski definition) is 3. The van der Waals surface area contributed by atoms with Crippen LogP contribution in [-0.4, -0.2) is 41.2 Å². The van der Waals surface area contributed by atoms with Crippen LogP contribution in [0.5, 0.6) is 5.75 Å². The lowest BCUT2D eigenvalue weighted by molar-refractivity contribution is 0.0696. The molecule has 0 aromatic heterocycles. The fourth-order valence-corrected chi connectivity index (χ4v) is 2.21. The van der Waals surface area contributed by atoms with Crippen LogP contribution in [0, 0.1) is 0 Å². The molecule has 0 aliphatic carbocycles. The van der Waals surface area contributed by atoms with Gasteiger partial charge in [-0.2, -0.15) is 0 Å². The SMILES string of the molecule is CC(C)N1CCC(Oc2cccc(C(=O)O)c2)C1. The van der Waals surface area contributed by atoms with Crippen molar-refractivity contribution >= 4 is 5.97 Å². The molecule has 0 amide bonds. The zero-order valence-electron chi connectivity index (χ0n) is 10.8. The van der Waals surface area contributed by atoms with Crippen LogP contribution in [0.25, 0.3) is 0 Å². The fourth-order valence-electron chi connectivity index (χ4n) is 2.21. The summed E-state index contributed by atoms with van der Waals surface area (Å²) in [5.41, 5.74) is 0.270. The first kappa shape index (κ1) is 12.9. The lowest BCUT2D eigenvalue weighted by atomic mass is 10.2. The quantitative estimate of drug-likeness (QED) is 0.889. The van der Waals surface area contributed by atoms with Gasteiger partial charge in [-0.05, 0) is 38.5 Å². The molecule has 1 aliphatic heterocycles. The van der Waals surface area contributed by atoms with Gasteiger partial charge in [-0.15, -0.1) is 0 Å². The highest BCUT2D eigenvalue weighted by atomic mass is 16.5. The van der Waals surface area contributed by atoms with Gasteiger partial charge in [-0.1, -0.05) is 6.07 Å². The number of ether oxygens (including phenoxy) is 1. The van der Waals surface area contributed by atoms with Crippen LogP contribution in [0.4, 0.5) is 0 Å². The van der Waals surface area contributed by atoms with Crippen LogP contribution in [0.3, 0.4) is 0 Å². The minimum atomic E-state index is -0.921. The summed E-state index contributed by atoms with van der Waals surface area (Å²) in [6, 6.07) is 7.22. The first-order valence-electron chi connectivity index (χ1n) is 6.30. The largest absolute Gasteiger partial charge is 0.489 e. The van der Waals surface area contributed by atoms with Gasteiger partial charge in [0.15, 0.2) is 0 Å². The van der Waals surface area contributed by atoms with Gasteiger partial charge in [-0.3, -0.25) is 4.90 Å². The Morgan fingerprint density at radius 2 is 2.28 bits per heavy atom. The van der Waals surface area contributed by atoms with E-state index < -0.39 is 5.97 Å². The number of hydrogen-bond donors (Lipinski definition) is 1. The van der Waals surface area contributed by atoms with Crippen LogP contribution < -0.4 is 4.74 Å². The second-order valence-corrected chi connectivity index (χ2v) is 4.95. The molecule has 2 rings (SSSR count). The highest BCUT2D eigenvalue weighted by Crippen LogP contribution is 2.20. The number of benzene rings is 1. The molecular weight excluding hydrogens is 230 g/mol. The van der Waals surface area contributed by atoms with E-state index in [4.69, 9.17) is 9.84 Å². The predicted molar refractivity (Wildman–Crippen MR) is 69.1 cm³/mol. The van der Waals surface area contributed by atoms with E-state index in [2.05, 4.69) is 18.7 Å². The molecule has 1 heterocycles. The van der Waals surface area contributed by atoms with Crippen LogP contribution in [0.2, 0.25) is 0 Å². The number of aromatic carboxylic acids is 1. The van der Waals surface area contributed by atoms with Gasteiger partial charge in [0.05, 0.1) is 5.56 Å². The molecule has 4 heteroatoms. The standard InChI is InChI=1S/C14H19NO3/c1-10(2)15-7-6-13(9-15)18-12-5-3-4-11(8-12)14(16)17/h3-5,8,10,13H,6-7,9H2,1-2H3,(H,16,17). The number of rotatable bonds is 4. The molecule has 1 aromatic carbocycles. The van der Waals surface area contributed by atoms with Crippen LogP contribution in [-0.2, 0) is 0 Å². The predicted octanol–water partition coefficient (Wildman–Crippen LogP) is 2.25. The molecule has 4 nitrogen and oxygen atoms in total. The fraction of sp³-hybridized carbons (Fsp3) is 0.500. The van der Waals surface area contributed by atoms with Crippen molar-refractivity contribution in [3.05, 3.63) is 29.8 Å². The van der Waals surface area contributed by atoms with E-state index in [-0.39, 0.29) is 11.7 Å². The Morgan fingerprint density at radius 1 is 1.50 bits per heavy atom. The monoisotopic (exact) mass is 249 g/mol. The maximum absolute atomic E-state index is 10.9. The van der Waals surface area contributed by atoms with Crippen molar-refractivity contribution < 1.29 is 14.6 Å². The summed E-state index contributed by atoms with van der Waals surface area (Å²) in [5, 5.41) is 8.92. The Labute approximate surface area is 107 Å². The molecule has 1 aliphatic rings. The van der Waals surface area contributed by atoms with Crippen LogP contribution in [0.1, 0.15) is 30.6 Å². The molecule has 0 bridgehead atoms. The van der Waals surface area contributed by atoms with Gasteiger partial charge in [0, 0.05) is 19.1 Å². The molecule has 1 N–H and O–H groups in total. The Bertz CT molecular complexity index is 431. The maximum Gasteiger partial charge on any atom is 0.335 e. The van der Waals surface area contributed by atoms with Gasteiger partial charge >= 0.3 is 5.97 Å². The average molecular weight is 249 g/mol. The van der Waals surface area contributed by atoms with Gasteiger partial charge < -0.3 is 9.84 Å². The summed E-state index contributed by atoms with van der Waals surface area (Å²) in [6.45, 7) is 6.30. The normalized spacial score (nSPS) is 20.3. The number of carbonyl (C=O) groups is 1. The second-order valence-electron chi connectivity index (χ2n) is 4.95. The lowest BCUT2D eigenvalue weighted by Crippen LogP contribution is -2.30. The van der Waals surface area contributed by atoms with Crippen LogP contribution in [0.15, 0.2) is 24.3 Å². The number of carboxylic acids is 1. The van der Waals surface area contributed by atoms with E-state index in [1.165, 1.54) is 0 Å². The minimum Gasteiger partial charge on any atom is -0.489 e. The first-order valence-corrected chi connectivity index (χ1v) is 6.30. The summed E-state index contributed by atoms with van der Waals surface area (Å²) in [6.07, 6.45) is 1.16. The van der Waals surface area contributed by atoms with Gasteiger partial charge in [0.1, 0.15) is 11.9 Å². The van der Waals surface area contributed by atoms with Crippen molar-refractivity contribution in [3.63, 3.8) is 0 Å². The molecule has 0 saturated carbocycles. The zero-order chi connectivity index (χ0) is 13.1. The highest BCUT2D eigenvalue weighted by Gasteiger charge is 2.25. The third kappa shape index (κ3) is 3.01. The van der Waals surface area contributed by atoms with Crippen molar-refractivity contribution in [2.24, 2.45) is 0 Å². The molecule has 1 aromatic rings. The smallest absolute Gasteiger partial charge is 0.335 e. The Hall–Kier alpha value is -1.55. The number of likely N-dealkylation sites (tertiary alicyclic amines) is 1. The Kier molecular flexibility index (Phi) is 3.87. The van der Waals surface area contributed by atoms with Crippen molar-refractivity contribution in [2.75, 3.05) is 13.1 Å². The van der Waals surface area contributed by atoms with E-state index in [1.807, 2.05) is 6.07 Å². The number of nitrogens with zero attached hydrogens (tertiary/aromatic N) is 1. The van der Waals surface area contributed by atoms with Crippen molar-refractivity contribution in [2.45, 2.75) is 32.4 Å². The molecule has 1 atom stereocenters. The summed E-state index contributed by atoms with van der Waals surface area (Å²) < 4.78 is 5.84. The van der Waals surface area contributed by atoms with Crippen molar-refractivity contribution in [3.8, 4) is 5.75 Å². The minimum absolute atomic E-state index is 0.163. The Morgan fingerprint density at radius 3 is 2.89 bits per heavy atom. The van der Waals surface area contributed by atoms with E-state index >= 15 is 0 Å². The number of carboxylic acid groups (broad SMARTS) is 1. The Balaban J connectivity index is 1.98. The second kappa shape index (κ2) is 5.40. The molecule has 98 valence electrons. The van der Waals surface area contributed by atoms with Crippen LogP contribution >= 0.6 is 0 Å². The van der Waals surface area contributed by atoms with E-state index in [1.54, 1.807) is 18.2 Å². The first-order chi connectivity index (χ1) is 8.56. The molecular formula is C14H19NO3. The summed E-state index contributed by atoms with van der Waals surface area (Å²) >= 11 is 0. The summed E-state index contributed by atoms with van der Waals surface area (Å²) in [4.78, 5) is 13.2. The maximum atomic E-state index is 10.9. The molecule has 1 fully saturated rings. The molecule has 1 unspecified atom stereocenters. The zero-order valence-corrected chi connectivity index (χ0v) is 10.8. The molecule has 18 heavy (non-hydrogen) atoms. The topological polar surface area (TPSA) is 49.8 Å². The molecule has 0 spiro atoms. The van der Waals surface area contributed by atoms with Crippen molar-refractivity contribution in [1.82, 2.24) is 4.90 Å². The third-order valence-electron chi connectivity index (χ3n) is 3.29. The summed E-state index contributed by atoms with van der Waals surface area (Å²) in [5.74, 6) is -0.277. The highest BCUT2D eigenvalue weighted by molar-refractivity contribution is 5.87. The van der Waals surface area contributed by atoms with Gasteiger partial charge in [0.2, 0.25) is 0 Å². The van der Waals surface area contributed by atoms with E-state index in [0.717, 1.165) is 19.5 Å². The van der Waals surface area contributed by atoms with Crippen molar-refractivity contribution in [1.29, 1.82) is 0 Å². The average Bonchev–Trinajstić information content (AvgIpc) is 2.78. The van der Waals surface area contributed by atoms with E-state index in [9.17, 15) is 4.79 Å². The lowest BCUT2D eigenvalue weighted by Gasteiger charge is -2.20. The van der Waals surface area contributed by atoms with E-state index in [0.29, 0.717) is 11.8 Å². The van der Waals surface area contributed by atoms with Gasteiger partial charge in [-0.25, -0.2) is 4.79 Å². The summed E-state index contributed by atoms with van der Waals surface area (Å²) in [7, 11) is 0.